The number of hydrogen-bond acceptors (Lipinski definition) is 3. The number of nitrogens with zero attached hydrogens (tertiary/aromatic N) is 3. The van der Waals surface area contributed by atoms with Gasteiger partial charge in [-0.15, -0.1) is 0 Å². The average molecular weight is 725 g/mol. The van der Waals surface area contributed by atoms with E-state index in [9.17, 15) is 0 Å². The second-order valence-corrected chi connectivity index (χ2v) is 16.6. The van der Waals surface area contributed by atoms with Gasteiger partial charge in [-0.2, -0.15) is 0 Å². The number of benzene rings is 8. The Kier molecular flexibility index (Phi) is 5.57. The van der Waals surface area contributed by atoms with Crippen LogP contribution in [0.4, 0.5) is 34.1 Å². The molecule has 0 saturated heterocycles. The van der Waals surface area contributed by atoms with Crippen molar-refractivity contribution in [2.24, 2.45) is 0 Å². The van der Waals surface area contributed by atoms with Crippen LogP contribution in [0.3, 0.4) is 0 Å². The van der Waals surface area contributed by atoms with Gasteiger partial charge in [-0.05, 0) is 92.8 Å². The summed E-state index contributed by atoms with van der Waals surface area (Å²) in [6.45, 7) is 4.62. The lowest BCUT2D eigenvalue weighted by molar-refractivity contribution is 0.673. The van der Waals surface area contributed by atoms with Crippen LogP contribution in [0.5, 0.6) is 0 Å². The van der Waals surface area contributed by atoms with E-state index in [4.69, 9.17) is 4.42 Å². The van der Waals surface area contributed by atoms with Crippen LogP contribution >= 0.6 is 0 Å². The monoisotopic (exact) mass is 725 g/mol. The molecule has 8 aromatic carbocycles. The fourth-order valence-corrected chi connectivity index (χ4v) is 11.2. The molecule has 0 bridgehead atoms. The van der Waals surface area contributed by atoms with E-state index in [1.54, 1.807) is 0 Å². The van der Waals surface area contributed by atoms with E-state index in [0.717, 1.165) is 16.9 Å². The number of hydrogen-bond donors (Lipinski definition) is 0. The number of anilines is 6. The summed E-state index contributed by atoms with van der Waals surface area (Å²) in [6, 6.07) is 59.1. The zero-order chi connectivity index (χ0) is 37.3. The third-order valence-corrected chi connectivity index (χ3v) is 13.5. The van der Waals surface area contributed by atoms with Crippen molar-refractivity contribution in [1.82, 2.24) is 4.57 Å². The first-order valence-corrected chi connectivity index (χ1v) is 20.2. The fourth-order valence-electron chi connectivity index (χ4n) is 11.2. The van der Waals surface area contributed by atoms with E-state index in [1.165, 1.54) is 105 Å². The first-order valence-electron chi connectivity index (χ1n) is 20.2. The molecule has 2 aromatic heterocycles. The third-order valence-electron chi connectivity index (χ3n) is 13.5. The third kappa shape index (κ3) is 3.59. The molecule has 6 heterocycles. The molecular weight excluding hydrogens is 692 g/mol. The molecule has 10 aromatic rings. The van der Waals surface area contributed by atoms with E-state index in [2.05, 4.69) is 186 Å². The predicted molar refractivity (Wildman–Crippen MR) is 241 cm³/mol. The molecule has 57 heavy (non-hydrogen) atoms. The minimum absolute atomic E-state index is 0.0204. The van der Waals surface area contributed by atoms with Gasteiger partial charge in [-0.1, -0.05) is 123 Å². The summed E-state index contributed by atoms with van der Waals surface area (Å²) in [5.41, 5.74) is 22.5. The van der Waals surface area contributed by atoms with Crippen molar-refractivity contribution >= 4 is 124 Å². The molecule has 0 atom stereocenters. The first kappa shape index (κ1) is 30.3. The number of furan rings is 1. The van der Waals surface area contributed by atoms with Gasteiger partial charge in [-0.25, -0.2) is 0 Å². The second-order valence-electron chi connectivity index (χ2n) is 16.6. The Balaban J connectivity index is 1.22. The molecule has 0 fully saturated rings. The normalized spacial score (nSPS) is 14.2. The summed E-state index contributed by atoms with van der Waals surface area (Å²) in [4.78, 5) is 5.08. The van der Waals surface area contributed by atoms with E-state index < -0.39 is 0 Å². The summed E-state index contributed by atoms with van der Waals surface area (Å²) >= 11 is 0. The van der Waals surface area contributed by atoms with Crippen LogP contribution in [0.25, 0.3) is 49.4 Å². The van der Waals surface area contributed by atoms with E-state index >= 15 is 0 Å². The minimum atomic E-state index is 0.0204. The Morgan fingerprint density at radius 3 is 1.79 bits per heavy atom. The van der Waals surface area contributed by atoms with Crippen LogP contribution < -0.4 is 42.6 Å². The molecule has 0 aliphatic carbocycles. The van der Waals surface area contributed by atoms with Gasteiger partial charge in [0.25, 0.3) is 13.4 Å². The number of fused-ring (bicyclic) bond motifs is 11. The lowest BCUT2D eigenvalue weighted by Gasteiger charge is -2.46. The van der Waals surface area contributed by atoms with Crippen LogP contribution in [-0.2, 0) is 0 Å². The summed E-state index contributed by atoms with van der Waals surface area (Å²) in [7, 11) is 0. The highest BCUT2D eigenvalue weighted by molar-refractivity contribution is 7.04. The van der Waals surface area contributed by atoms with E-state index in [1.807, 2.05) is 0 Å². The maximum absolute atomic E-state index is 6.92. The Bertz CT molecular complexity index is 3420. The van der Waals surface area contributed by atoms with Crippen molar-refractivity contribution < 1.29 is 4.42 Å². The molecule has 0 amide bonds. The largest absolute Gasteiger partial charge is 0.455 e. The molecule has 4 aliphatic heterocycles. The molecule has 264 valence electrons. The summed E-state index contributed by atoms with van der Waals surface area (Å²) in [5.74, 6) is 0.455. The molecular formula is C51H33B2N3O. The molecule has 0 radical (unpaired) electrons. The zero-order valence-corrected chi connectivity index (χ0v) is 31.5. The standard InChI is InChI=1S/C51H33B2N3O/c1-29(2)30-23-25-32(26-24-30)55-40-20-9-7-17-36(40)52-38-19-12-16-34-45-49-39(27-35-33-15-6-11-22-44(33)57-51(35)45)53-37-18-8-10-21-41(37)54(31-13-4-3-5-14-31)43-28-42(55)46(52)50(47(43)53)56(49)48(34)38/h3-29H,1-2H3. The lowest BCUT2D eigenvalue weighted by atomic mass is 9.29. The highest BCUT2D eigenvalue weighted by atomic mass is 16.3. The number of aromatic nitrogens is 1. The molecule has 0 N–H and O–H groups in total. The van der Waals surface area contributed by atoms with Gasteiger partial charge >= 0.3 is 0 Å². The van der Waals surface area contributed by atoms with Crippen molar-refractivity contribution in [3.8, 4) is 5.69 Å². The van der Waals surface area contributed by atoms with Crippen molar-refractivity contribution in [2.45, 2.75) is 19.8 Å². The topological polar surface area (TPSA) is 24.6 Å². The molecule has 4 nitrogen and oxygen atoms in total. The first-order chi connectivity index (χ1) is 28.2. The van der Waals surface area contributed by atoms with Crippen molar-refractivity contribution in [3.05, 3.63) is 163 Å². The molecule has 6 heteroatoms. The van der Waals surface area contributed by atoms with Crippen LogP contribution in [0.15, 0.2) is 162 Å². The van der Waals surface area contributed by atoms with Crippen molar-refractivity contribution in [1.29, 1.82) is 0 Å². The Morgan fingerprint density at radius 1 is 0.474 bits per heavy atom. The Morgan fingerprint density at radius 2 is 1.07 bits per heavy atom. The summed E-state index contributed by atoms with van der Waals surface area (Å²) in [6.07, 6.45) is 0. The van der Waals surface area contributed by atoms with E-state index in [-0.39, 0.29) is 13.4 Å². The maximum Gasteiger partial charge on any atom is 0.252 e. The summed E-state index contributed by atoms with van der Waals surface area (Å²) in [5, 5.41) is 4.83. The molecule has 0 spiro atoms. The van der Waals surface area contributed by atoms with Crippen LogP contribution in [0, 0.1) is 0 Å². The maximum atomic E-state index is 6.92. The highest BCUT2D eigenvalue weighted by Crippen LogP contribution is 2.49. The van der Waals surface area contributed by atoms with E-state index in [0.29, 0.717) is 5.92 Å². The van der Waals surface area contributed by atoms with Gasteiger partial charge < -0.3 is 18.8 Å². The smallest absolute Gasteiger partial charge is 0.252 e. The highest BCUT2D eigenvalue weighted by Gasteiger charge is 2.50. The SMILES string of the molecule is CC(C)c1ccc(N2c3ccccc3B3c4c2cc2c5c4-n4c6c3cccc6c3c6oc7ccccc7c6cc(c34)B5c3ccccc3N2c2ccccc2)cc1. The summed E-state index contributed by atoms with van der Waals surface area (Å²) < 4.78 is 9.59. The van der Waals surface area contributed by atoms with Gasteiger partial charge in [0.1, 0.15) is 11.2 Å². The van der Waals surface area contributed by atoms with Crippen LogP contribution in [0.2, 0.25) is 0 Å². The zero-order valence-electron chi connectivity index (χ0n) is 31.5. The van der Waals surface area contributed by atoms with Crippen LogP contribution in [0.1, 0.15) is 25.3 Å². The van der Waals surface area contributed by atoms with Gasteiger partial charge in [-0.3, -0.25) is 0 Å². The molecule has 0 saturated carbocycles. The average Bonchev–Trinajstić information content (AvgIpc) is 3.81. The molecule has 0 unspecified atom stereocenters. The van der Waals surface area contributed by atoms with Gasteiger partial charge in [0.15, 0.2) is 0 Å². The fraction of sp³-hybridized carbons (Fsp3) is 0.0588. The molecule has 14 rings (SSSR count). The van der Waals surface area contributed by atoms with Crippen LogP contribution in [-0.4, -0.2) is 18.0 Å². The lowest BCUT2D eigenvalue weighted by Crippen LogP contribution is -2.67. The number of para-hydroxylation sites is 5. The Labute approximate surface area is 330 Å². The van der Waals surface area contributed by atoms with Gasteiger partial charge in [0, 0.05) is 61.5 Å². The predicted octanol–water partition coefficient (Wildman–Crippen LogP) is 9.03. The van der Waals surface area contributed by atoms with Gasteiger partial charge in [0.2, 0.25) is 0 Å². The Hall–Kier alpha value is -6.91. The van der Waals surface area contributed by atoms with Crippen molar-refractivity contribution in [3.63, 3.8) is 0 Å². The second kappa shape index (κ2) is 10.5. The van der Waals surface area contributed by atoms with Crippen molar-refractivity contribution in [2.75, 3.05) is 9.80 Å². The number of rotatable bonds is 3. The quantitative estimate of drug-likeness (QED) is 0.170. The van der Waals surface area contributed by atoms with Gasteiger partial charge in [0.05, 0.1) is 10.9 Å². The minimum Gasteiger partial charge on any atom is -0.455 e. The molecule has 4 aliphatic rings.